The number of aryl methyl sites for hydroxylation is 2. The average Bonchev–Trinajstić information content (AvgIpc) is 2.19. The van der Waals surface area contributed by atoms with Crippen molar-refractivity contribution in [3.05, 3.63) is 52.6 Å². The highest BCUT2D eigenvalue weighted by Gasteiger charge is 2.12. The zero-order chi connectivity index (χ0) is 11.7. The molecule has 1 aromatic carbocycles. The molecule has 1 atom stereocenters. The molecule has 0 aromatic heterocycles. The van der Waals surface area contributed by atoms with E-state index in [9.17, 15) is 0 Å². The lowest BCUT2D eigenvalue weighted by Gasteiger charge is -2.19. The van der Waals surface area contributed by atoms with E-state index in [1.54, 1.807) is 0 Å². The summed E-state index contributed by atoms with van der Waals surface area (Å²) in [6.45, 7) is 8.89. The van der Waals surface area contributed by atoms with Crippen LogP contribution >= 0.6 is 0 Å². The van der Waals surface area contributed by atoms with E-state index in [0.717, 1.165) is 0 Å². The fraction of sp³-hybridized carbons (Fsp3) is 0.375. The van der Waals surface area contributed by atoms with Gasteiger partial charge in [-0.3, -0.25) is 0 Å². The lowest BCUT2D eigenvalue weighted by atomic mass is 9.86. The molecule has 84 valence electrons. The van der Waals surface area contributed by atoms with Crippen molar-refractivity contribution < 1.29 is 0 Å². The molecule has 0 bridgehead atoms. The van der Waals surface area contributed by atoms with Gasteiger partial charge in [-0.05, 0) is 49.8 Å². The highest BCUT2D eigenvalue weighted by Crippen LogP contribution is 2.31. The number of allylic oxidation sites excluding steroid dienone is 4. The van der Waals surface area contributed by atoms with Crippen LogP contribution in [0.5, 0.6) is 0 Å². The number of hydrogen-bond acceptors (Lipinski definition) is 0. The molecule has 0 saturated carbocycles. The molecule has 0 aliphatic heterocycles. The highest BCUT2D eigenvalue weighted by molar-refractivity contribution is 5.79. The highest BCUT2D eigenvalue weighted by atomic mass is 14.2. The Labute approximate surface area is 98.7 Å². The molecule has 0 spiro atoms. The summed E-state index contributed by atoms with van der Waals surface area (Å²) in [5.41, 5.74) is 7.06. The van der Waals surface area contributed by atoms with E-state index >= 15 is 0 Å². The van der Waals surface area contributed by atoms with E-state index in [1.165, 1.54) is 34.3 Å². The molecule has 1 unspecified atom stereocenters. The van der Waals surface area contributed by atoms with Crippen molar-refractivity contribution in [1.82, 2.24) is 0 Å². The minimum Gasteiger partial charge on any atom is -0.0808 e. The van der Waals surface area contributed by atoms with Gasteiger partial charge in [-0.15, -0.1) is 0 Å². The van der Waals surface area contributed by atoms with Crippen LogP contribution in [-0.2, 0) is 0 Å². The Morgan fingerprint density at radius 1 is 1.12 bits per heavy atom. The van der Waals surface area contributed by atoms with Crippen LogP contribution in [0.1, 0.15) is 37.0 Å². The topological polar surface area (TPSA) is 0 Å². The molecule has 1 aliphatic rings. The van der Waals surface area contributed by atoms with E-state index in [1.807, 2.05) is 0 Å². The van der Waals surface area contributed by atoms with Gasteiger partial charge in [0.1, 0.15) is 0 Å². The lowest BCUT2D eigenvalue weighted by Crippen LogP contribution is -2.00. The zero-order valence-corrected chi connectivity index (χ0v) is 10.7. The van der Waals surface area contributed by atoms with Crippen LogP contribution in [0.3, 0.4) is 0 Å². The average molecular weight is 212 g/mol. The summed E-state index contributed by atoms with van der Waals surface area (Å²) in [5.74, 6) is 0.689. The Kier molecular flexibility index (Phi) is 3.00. The van der Waals surface area contributed by atoms with E-state index in [0.29, 0.717) is 5.92 Å². The molecule has 0 heterocycles. The Morgan fingerprint density at radius 2 is 1.88 bits per heavy atom. The van der Waals surface area contributed by atoms with Gasteiger partial charge in [-0.1, -0.05) is 48.4 Å². The van der Waals surface area contributed by atoms with Crippen LogP contribution < -0.4 is 0 Å². The van der Waals surface area contributed by atoms with Crippen LogP contribution in [-0.4, -0.2) is 0 Å². The summed E-state index contributed by atoms with van der Waals surface area (Å²) < 4.78 is 0. The molecule has 0 radical (unpaired) electrons. The van der Waals surface area contributed by atoms with Gasteiger partial charge in [0, 0.05) is 0 Å². The predicted molar refractivity (Wildman–Crippen MR) is 71.4 cm³/mol. The van der Waals surface area contributed by atoms with Gasteiger partial charge in [0.15, 0.2) is 0 Å². The Morgan fingerprint density at radius 3 is 2.50 bits per heavy atom. The second-order valence-corrected chi connectivity index (χ2v) is 5.05. The maximum atomic E-state index is 2.32. The third-order valence-electron chi connectivity index (χ3n) is 3.35. The normalized spacial score (nSPS) is 20.4. The monoisotopic (exact) mass is 212 g/mol. The van der Waals surface area contributed by atoms with Crippen LogP contribution in [0.2, 0.25) is 0 Å². The Hall–Kier alpha value is -1.30. The third kappa shape index (κ3) is 2.11. The fourth-order valence-corrected chi connectivity index (χ4v) is 2.50. The molecular weight excluding hydrogens is 192 g/mol. The zero-order valence-electron chi connectivity index (χ0n) is 10.7. The fourth-order valence-electron chi connectivity index (χ4n) is 2.50. The number of benzene rings is 1. The van der Waals surface area contributed by atoms with Crippen LogP contribution in [0.25, 0.3) is 5.57 Å². The van der Waals surface area contributed by atoms with Gasteiger partial charge in [0.25, 0.3) is 0 Å². The second-order valence-electron chi connectivity index (χ2n) is 5.05. The van der Waals surface area contributed by atoms with Gasteiger partial charge >= 0.3 is 0 Å². The van der Waals surface area contributed by atoms with Crippen molar-refractivity contribution in [2.75, 3.05) is 0 Å². The smallest absolute Gasteiger partial charge is 0.0155 e. The van der Waals surface area contributed by atoms with E-state index in [2.05, 4.69) is 58.0 Å². The predicted octanol–water partition coefficient (Wildman–Crippen LogP) is 4.67. The first-order chi connectivity index (χ1) is 7.58. The lowest BCUT2D eigenvalue weighted by molar-refractivity contribution is 0.710. The third-order valence-corrected chi connectivity index (χ3v) is 3.35. The van der Waals surface area contributed by atoms with Gasteiger partial charge in [-0.2, -0.15) is 0 Å². The van der Waals surface area contributed by atoms with E-state index < -0.39 is 0 Å². The molecule has 0 amide bonds. The molecule has 0 fully saturated rings. The quantitative estimate of drug-likeness (QED) is 0.634. The van der Waals surface area contributed by atoms with Crippen molar-refractivity contribution in [2.45, 2.75) is 34.1 Å². The van der Waals surface area contributed by atoms with Gasteiger partial charge in [0.05, 0.1) is 0 Å². The molecule has 16 heavy (non-hydrogen) atoms. The summed E-state index contributed by atoms with van der Waals surface area (Å²) in [7, 11) is 0. The van der Waals surface area contributed by atoms with Crippen LogP contribution in [0.4, 0.5) is 0 Å². The van der Waals surface area contributed by atoms with Crippen LogP contribution in [0.15, 0.2) is 35.9 Å². The van der Waals surface area contributed by atoms with Gasteiger partial charge < -0.3 is 0 Å². The molecule has 1 aliphatic carbocycles. The molecule has 0 N–H and O–H groups in total. The molecule has 0 heteroatoms. The maximum absolute atomic E-state index is 2.32. The van der Waals surface area contributed by atoms with Crippen molar-refractivity contribution in [1.29, 1.82) is 0 Å². The van der Waals surface area contributed by atoms with Crippen molar-refractivity contribution >= 4 is 5.57 Å². The standard InChI is InChI=1S/C16H20/c1-11-5-7-15(13(3)9-11)16-8-6-12(2)10-14(16)4/h5-9,12H,10H2,1-4H3. The van der Waals surface area contributed by atoms with E-state index in [4.69, 9.17) is 0 Å². The van der Waals surface area contributed by atoms with Crippen molar-refractivity contribution in [3.8, 4) is 0 Å². The Balaban J connectivity index is 2.45. The summed E-state index contributed by atoms with van der Waals surface area (Å²) in [6, 6.07) is 6.72. The number of hydrogen-bond donors (Lipinski definition) is 0. The molecular formula is C16H20. The molecule has 0 saturated heterocycles. The SMILES string of the molecule is CC1=C(c2ccc(C)cc2C)C=CC(C)C1. The summed E-state index contributed by atoms with van der Waals surface area (Å²) in [4.78, 5) is 0. The molecule has 2 rings (SSSR count). The minimum absolute atomic E-state index is 0.689. The largest absolute Gasteiger partial charge is 0.0808 e. The van der Waals surface area contributed by atoms with Crippen molar-refractivity contribution in [2.24, 2.45) is 5.92 Å². The maximum Gasteiger partial charge on any atom is -0.0155 e. The second kappa shape index (κ2) is 4.29. The molecule has 1 aromatic rings. The Bertz CT molecular complexity index is 461. The van der Waals surface area contributed by atoms with E-state index in [-0.39, 0.29) is 0 Å². The first-order valence-electron chi connectivity index (χ1n) is 6.03. The first kappa shape index (κ1) is 11.2. The number of rotatable bonds is 1. The summed E-state index contributed by atoms with van der Waals surface area (Å²) >= 11 is 0. The van der Waals surface area contributed by atoms with Gasteiger partial charge in [0.2, 0.25) is 0 Å². The minimum atomic E-state index is 0.689. The van der Waals surface area contributed by atoms with Crippen molar-refractivity contribution in [3.63, 3.8) is 0 Å². The van der Waals surface area contributed by atoms with Crippen LogP contribution in [0, 0.1) is 19.8 Å². The first-order valence-corrected chi connectivity index (χ1v) is 6.03. The van der Waals surface area contributed by atoms with Gasteiger partial charge in [-0.25, -0.2) is 0 Å². The molecule has 0 nitrogen and oxygen atoms in total. The summed E-state index contributed by atoms with van der Waals surface area (Å²) in [6.07, 6.45) is 5.81. The summed E-state index contributed by atoms with van der Waals surface area (Å²) in [5, 5.41) is 0.